The van der Waals surface area contributed by atoms with Gasteiger partial charge in [0.15, 0.2) is 0 Å². The van der Waals surface area contributed by atoms with E-state index in [1.54, 1.807) is 0 Å². The van der Waals surface area contributed by atoms with E-state index in [0.717, 1.165) is 6.42 Å². The Bertz CT molecular complexity index is 326. The van der Waals surface area contributed by atoms with Crippen molar-refractivity contribution in [2.45, 2.75) is 59.3 Å². The Kier molecular flexibility index (Phi) is 3.59. The van der Waals surface area contributed by atoms with E-state index < -0.39 is 0 Å². The Morgan fingerprint density at radius 1 is 1.13 bits per heavy atom. The van der Waals surface area contributed by atoms with Gasteiger partial charge in [0.2, 0.25) is 0 Å². The van der Waals surface area contributed by atoms with Crippen molar-refractivity contribution in [3.05, 3.63) is 34.9 Å². The summed E-state index contributed by atoms with van der Waals surface area (Å²) in [7, 11) is 0. The van der Waals surface area contributed by atoms with Gasteiger partial charge in [-0.1, -0.05) is 59.7 Å². The molecule has 0 atom stereocenters. The van der Waals surface area contributed by atoms with Gasteiger partial charge in [-0.05, 0) is 34.4 Å². The van der Waals surface area contributed by atoms with Crippen LogP contribution in [0.1, 0.15) is 64.2 Å². The molecule has 1 rings (SSSR count). The van der Waals surface area contributed by atoms with Gasteiger partial charge >= 0.3 is 0 Å². The summed E-state index contributed by atoms with van der Waals surface area (Å²) in [5.74, 6) is 0.627. The summed E-state index contributed by atoms with van der Waals surface area (Å²) in [6.45, 7) is 13.6. The van der Waals surface area contributed by atoms with E-state index in [1.165, 1.54) is 16.7 Å². The fourth-order valence-electron chi connectivity index (χ4n) is 1.92. The number of hydrogen-bond donors (Lipinski definition) is 0. The zero-order valence-corrected chi connectivity index (χ0v) is 11.0. The van der Waals surface area contributed by atoms with Crippen molar-refractivity contribution in [3.8, 4) is 0 Å². The van der Waals surface area contributed by atoms with Crippen molar-refractivity contribution < 1.29 is 0 Å². The molecule has 0 aliphatic heterocycles. The molecule has 0 aliphatic carbocycles. The highest BCUT2D eigenvalue weighted by atomic mass is 14.2. The van der Waals surface area contributed by atoms with E-state index in [2.05, 4.69) is 59.7 Å². The molecule has 0 unspecified atom stereocenters. The Morgan fingerprint density at radius 3 is 2.13 bits per heavy atom. The van der Waals surface area contributed by atoms with Crippen LogP contribution in [0.2, 0.25) is 0 Å². The second-order valence-electron chi connectivity index (χ2n) is 5.67. The molecule has 1 aromatic rings. The van der Waals surface area contributed by atoms with Crippen LogP contribution in [0.5, 0.6) is 0 Å². The quantitative estimate of drug-likeness (QED) is 0.656. The van der Waals surface area contributed by atoms with Crippen molar-refractivity contribution in [2.24, 2.45) is 0 Å². The van der Waals surface area contributed by atoms with Crippen molar-refractivity contribution in [1.29, 1.82) is 0 Å². The van der Waals surface area contributed by atoms with Crippen LogP contribution < -0.4 is 0 Å². The lowest BCUT2D eigenvalue weighted by Crippen LogP contribution is -2.12. The van der Waals surface area contributed by atoms with Crippen LogP contribution in [0, 0.1) is 0 Å². The third-order valence-corrected chi connectivity index (χ3v) is 3.01. The van der Waals surface area contributed by atoms with E-state index in [0.29, 0.717) is 5.92 Å². The third kappa shape index (κ3) is 2.84. The molecule has 0 nitrogen and oxygen atoms in total. The van der Waals surface area contributed by atoms with Crippen LogP contribution in [0.4, 0.5) is 0 Å². The van der Waals surface area contributed by atoms with Crippen molar-refractivity contribution in [3.63, 3.8) is 0 Å². The zero-order valence-electron chi connectivity index (χ0n) is 11.0. The molecule has 0 heterocycles. The molecule has 15 heavy (non-hydrogen) atoms. The summed E-state index contributed by atoms with van der Waals surface area (Å²) >= 11 is 0. The van der Waals surface area contributed by atoms with Crippen LogP contribution in [0.3, 0.4) is 0 Å². The molecule has 0 bridgehead atoms. The maximum atomic E-state index is 2.39. The molecule has 0 saturated carbocycles. The Morgan fingerprint density at radius 2 is 1.73 bits per heavy atom. The average molecular weight is 204 g/mol. The lowest BCUT2D eigenvalue weighted by atomic mass is 9.83. The Hall–Kier alpha value is -0.780. The summed E-state index contributed by atoms with van der Waals surface area (Å²) in [6.07, 6.45) is 1.14. The van der Waals surface area contributed by atoms with Crippen LogP contribution >= 0.6 is 0 Å². The van der Waals surface area contributed by atoms with Gasteiger partial charge < -0.3 is 0 Å². The van der Waals surface area contributed by atoms with E-state index in [1.807, 2.05) is 0 Å². The maximum Gasteiger partial charge on any atom is -0.0132 e. The largest absolute Gasteiger partial charge is 0.0613 e. The first-order chi connectivity index (χ1) is 6.86. The van der Waals surface area contributed by atoms with E-state index in [4.69, 9.17) is 0 Å². The lowest BCUT2D eigenvalue weighted by molar-refractivity contribution is 0.588. The molecular formula is C15H24. The molecule has 84 valence electrons. The second kappa shape index (κ2) is 4.38. The molecule has 0 aromatic heterocycles. The molecule has 1 aromatic carbocycles. The first-order valence-electron chi connectivity index (χ1n) is 5.99. The highest BCUT2D eigenvalue weighted by molar-refractivity contribution is 5.37. The summed E-state index contributed by atoms with van der Waals surface area (Å²) < 4.78 is 0. The van der Waals surface area contributed by atoms with Crippen LogP contribution in [-0.2, 0) is 11.8 Å². The van der Waals surface area contributed by atoms with Gasteiger partial charge in [0.25, 0.3) is 0 Å². The number of aryl methyl sites for hydroxylation is 1. The Balaban J connectivity index is 3.22. The van der Waals surface area contributed by atoms with Crippen molar-refractivity contribution >= 4 is 0 Å². The van der Waals surface area contributed by atoms with E-state index in [9.17, 15) is 0 Å². The predicted octanol–water partition coefficient (Wildman–Crippen LogP) is 4.67. The number of benzene rings is 1. The lowest BCUT2D eigenvalue weighted by Gasteiger charge is -2.22. The molecule has 0 aliphatic rings. The standard InChI is InChI=1S/C15H24/c1-7-12-8-9-13(15(4,5)6)10-14(12)11(2)3/h8-11H,7H2,1-6H3. The predicted molar refractivity (Wildman–Crippen MR) is 68.6 cm³/mol. The normalized spacial score (nSPS) is 12.2. The first-order valence-corrected chi connectivity index (χ1v) is 5.99. The van der Waals surface area contributed by atoms with Gasteiger partial charge in [-0.25, -0.2) is 0 Å². The molecule has 0 amide bonds. The fourth-order valence-corrected chi connectivity index (χ4v) is 1.92. The van der Waals surface area contributed by atoms with Gasteiger partial charge in [-0.3, -0.25) is 0 Å². The molecular weight excluding hydrogens is 180 g/mol. The van der Waals surface area contributed by atoms with Crippen LogP contribution in [-0.4, -0.2) is 0 Å². The number of hydrogen-bond acceptors (Lipinski definition) is 0. The second-order valence-corrected chi connectivity index (χ2v) is 5.67. The summed E-state index contributed by atoms with van der Waals surface area (Å²) in [5, 5.41) is 0. The van der Waals surface area contributed by atoms with Crippen molar-refractivity contribution in [2.75, 3.05) is 0 Å². The van der Waals surface area contributed by atoms with Gasteiger partial charge in [-0.15, -0.1) is 0 Å². The molecule has 0 fully saturated rings. The highest BCUT2D eigenvalue weighted by Gasteiger charge is 2.15. The molecule has 0 N–H and O–H groups in total. The highest BCUT2D eigenvalue weighted by Crippen LogP contribution is 2.28. The fraction of sp³-hybridized carbons (Fsp3) is 0.600. The minimum atomic E-state index is 0.260. The van der Waals surface area contributed by atoms with Crippen LogP contribution in [0.15, 0.2) is 18.2 Å². The average Bonchev–Trinajstić information content (AvgIpc) is 2.15. The van der Waals surface area contributed by atoms with E-state index >= 15 is 0 Å². The summed E-state index contributed by atoms with van der Waals surface area (Å²) in [4.78, 5) is 0. The minimum absolute atomic E-state index is 0.260. The molecule has 0 radical (unpaired) electrons. The third-order valence-electron chi connectivity index (χ3n) is 3.01. The van der Waals surface area contributed by atoms with Gasteiger partial charge in [0.1, 0.15) is 0 Å². The molecule has 0 saturated heterocycles. The van der Waals surface area contributed by atoms with Gasteiger partial charge in [-0.2, -0.15) is 0 Å². The monoisotopic (exact) mass is 204 g/mol. The SMILES string of the molecule is CCc1ccc(C(C)(C)C)cc1C(C)C. The topological polar surface area (TPSA) is 0 Å². The summed E-state index contributed by atoms with van der Waals surface area (Å²) in [5.41, 5.74) is 4.72. The zero-order chi connectivity index (χ0) is 11.6. The summed E-state index contributed by atoms with van der Waals surface area (Å²) in [6, 6.07) is 6.98. The number of rotatable bonds is 2. The molecule has 0 heteroatoms. The van der Waals surface area contributed by atoms with Gasteiger partial charge in [0, 0.05) is 0 Å². The Labute approximate surface area is 94.7 Å². The van der Waals surface area contributed by atoms with Gasteiger partial charge in [0.05, 0.1) is 0 Å². The minimum Gasteiger partial charge on any atom is -0.0613 e. The van der Waals surface area contributed by atoms with E-state index in [-0.39, 0.29) is 5.41 Å². The first kappa shape index (κ1) is 12.3. The molecule has 0 spiro atoms. The van der Waals surface area contributed by atoms with Crippen LogP contribution in [0.25, 0.3) is 0 Å². The maximum absolute atomic E-state index is 2.39. The smallest absolute Gasteiger partial charge is 0.0132 e. The van der Waals surface area contributed by atoms with Crippen molar-refractivity contribution in [1.82, 2.24) is 0 Å².